The van der Waals surface area contributed by atoms with Gasteiger partial charge in [0.2, 0.25) is 0 Å². The van der Waals surface area contributed by atoms with Gasteiger partial charge in [-0.2, -0.15) is 31.1 Å². The Morgan fingerprint density at radius 1 is 1.07 bits per heavy atom. The van der Waals surface area contributed by atoms with E-state index in [1.54, 1.807) is 26.0 Å². The lowest BCUT2D eigenvalue weighted by atomic mass is 9.91. The molecule has 4 heterocycles. The first-order valence-electron chi connectivity index (χ1n) is 14.9. The fraction of sp³-hybridized carbons (Fsp3) is 0.552. The van der Waals surface area contributed by atoms with E-state index in [-0.39, 0.29) is 24.0 Å². The Kier molecular flexibility index (Phi) is 9.33. The lowest BCUT2D eigenvalue weighted by molar-refractivity contribution is -0.143. The summed E-state index contributed by atoms with van der Waals surface area (Å²) in [6, 6.07) is 3.80. The second kappa shape index (κ2) is 12.9. The second-order valence-corrected chi connectivity index (χ2v) is 11.5. The van der Waals surface area contributed by atoms with Crippen LogP contribution in [0.2, 0.25) is 0 Å². The molecule has 2 aromatic heterocycles. The van der Waals surface area contributed by atoms with E-state index in [0.717, 1.165) is 17.9 Å². The molecule has 1 saturated heterocycles. The van der Waals surface area contributed by atoms with Crippen molar-refractivity contribution in [3.63, 3.8) is 0 Å². The van der Waals surface area contributed by atoms with Gasteiger partial charge in [0.25, 0.3) is 5.95 Å². The summed E-state index contributed by atoms with van der Waals surface area (Å²) < 4.78 is 88.3. The molecule has 2 aliphatic rings. The number of aromatic nitrogens is 5. The molecule has 3 aromatic rings. The van der Waals surface area contributed by atoms with E-state index in [0.29, 0.717) is 48.8 Å². The Balaban J connectivity index is 1.67. The van der Waals surface area contributed by atoms with Crippen LogP contribution in [0.5, 0.6) is 0 Å². The van der Waals surface area contributed by atoms with E-state index in [4.69, 9.17) is 9.72 Å². The zero-order chi connectivity index (χ0) is 33.4. The standard InChI is InChI=1S/C29H35F6N9O2/c1-5-21-15-23(25-22(44(21)27(45)46-17(2)3)6-7-24(37-25)42-10-8-36-9-11-42)43(26-38-40-41(4)39-26)16-18-12-19(28(30,31)32)14-20(13-18)29(33,34)35/h6-7,12-14,17,21,23,36H,5,8-11,15-16H2,1-4H3/t21-,23+/m1/s1. The number of hydrogen-bond acceptors (Lipinski definition) is 9. The normalized spacial score (nSPS) is 18.9. The summed E-state index contributed by atoms with van der Waals surface area (Å²) >= 11 is 0. The molecule has 0 unspecified atom stereocenters. The van der Waals surface area contributed by atoms with Crippen molar-refractivity contribution in [2.45, 2.75) is 70.7 Å². The fourth-order valence-corrected chi connectivity index (χ4v) is 5.79. The van der Waals surface area contributed by atoms with Crippen molar-refractivity contribution >= 4 is 23.5 Å². The molecule has 0 bridgehead atoms. The number of ether oxygens (including phenoxy) is 1. The van der Waals surface area contributed by atoms with Crippen molar-refractivity contribution in [1.29, 1.82) is 0 Å². The number of anilines is 3. The number of aryl methyl sites for hydroxylation is 1. The van der Waals surface area contributed by atoms with Crippen LogP contribution in [0.1, 0.15) is 62.0 Å². The summed E-state index contributed by atoms with van der Waals surface area (Å²) in [7, 11) is 1.49. The quantitative estimate of drug-likeness (QED) is 0.338. The van der Waals surface area contributed by atoms with Gasteiger partial charge in [-0.25, -0.2) is 9.78 Å². The molecule has 1 aromatic carbocycles. The topological polar surface area (TPSA) is 105 Å². The van der Waals surface area contributed by atoms with Gasteiger partial charge in [-0.15, -0.1) is 5.10 Å². The Hall–Kier alpha value is -4.15. The molecule has 2 atom stereocenters. The number of amides is 1. The third-order valence-corrected chi connectivity index (χ3v) is 7.90. The van der Waals surface area contributed by atoms with Crippen LogP contribution < -0.4 is 20.0 Å². The van der Waals surface area contributed by atoms with Crippen LogP contribution in [0, 0.1) is 0 Å². The van der Waals surface area contributed by atoms with Crippen molar-refractivity contribution in [2.24, 2.45) is 7.05 Å². The first-order chi connectivity index (χ1) is 21.7. The highest BCUT2D eigenvalue weighted by atomic mass is 19.4. The summed E-state index contributed by atoms with van der Waals surface area (Å²) in [4.78, 5) is 24.6. The van der Waals surface area contributed by atoms with E-state index in [2.05, 4.69) is 25.6 Å². The summed E-state index contributed by atoms with van der Waals surface area (Å²) in [6.45, 7) is 7.65. The maximum Gasteiger partial charge on any atom is 0.416 e. The van der Waals surface area contributed by atoms with E-state index >= 15 is 0 Å². The van der Waals surface area contributed by atoms with Gasteiger partial charge in [0.05, 0.1) is 41.7 Å². The average molecular weight is 656 g/mol. The minimum Gasteiger partial charge on any atom is -0.446 e. The molecule has 0 spiro atoms. The van der Waals surface area contributed by atoms with E-state index < -0.39 is 54.3 Å². The van der Waals surface area contributed by atoms with Gasteiger partial charge in [-0.1, -0.05) is 12.0 Å². The summed E-state index contributed by atoms with van der Waals surface area (Å²) in [5.41, 5.74) is -2.31. The van der Waals surface area contributed by atoms with Gasteiger partial charge in [-0.3, -0.25) is 4.90 Å². The molecule has 1 amide bonds. The number of alkyl halides is 6. The SMILES string of the molecule is CC[C@@H]1C[C@H](N(Cc2cc(C(F)(F)F)cc(C(F)(F)F)c2)c2nnn(C)n2)c2nc(N3CCNCC3)ccc2N1C(=O)OC(C)C. The maximum absolute atomic E-state index is 13.8. The number of nitrogens with one attached hydrogen (secondary N) is 1. The van der Waals surface area contributed by atoms with Gasteiger partial charge < -0.3 is 19.9 Å². The number of hydrogen-bond donors (Lipinski definition) is 1. The number of halogens is 6. The third kappa shape index (κ3) is 7.13. The maximum atomic E-state index is 13.8. The number of nitrogens with zero attached hydrogens (tertiary/aromatic N) is 8. The molecular weight excluding hydrogens is 620 g/mol. The van der Waals surface area contributed by atoms with Crippen LogP contribution >= 0.6 is 0 Å². The van der Waals surface area contributed by atoms with E-state index in [9.17, 15) is 31.1 Å². The van der Waals surface area contributed by atoms with Crippen LogP contribution in [-0.2, 0) is 30.7 Å². The Morgan fingerprint density at radius 3 is 2.26 bits per heavy atom. The van der Waals surface area contributed by atoms with Crippen molar-refractivity contribution in [1.82, 2.24) is 30.5 Å². The first kappa shape index (κ1) is 33.2. The molecule has 0 saturated carbocycles. The Morgan fingerprint density at radius 2 is 1.72 bits per heavy atom. The van der Waals surface area contributed by atoms with Crippen molar-refractivity contribution < 1.29 is 35.9 Å². The van der Waals surface area contributed by atoms with Crippen LogP contribution in [0.15, 0.2) is 30.3 Å². The second-order valence-electron chi connectivity index (χ2n) is 11.5. The van der Waals surface area contributed by atoms with Crippen LogP contribution in [0.3, 0.4) is 0 Å². The number of piperazine rings is 1. The molecule has 46 heavy (non-hydrogen) atoms. The largest absolute Gasteiger partial charge is 0.446 e. The van der Waals surface area contributed by atoms with Gasteiger partial charge in [-0.05, 0) is 67.8 Å². The molecule has 1 N–H and O–H groups in total. The van der Waals surface area contributed by atoms with Crippen molar-refractivity contribution in [3.05, 3.63) is 52.7 Å². The highest BCUT2D eigenvalue weighted by Crippen LogP contribution is 2.44. The summed E-state index contributed by atoms with van der Waals surface area (Å²) in [5.74, 6) is 0.592. The van der Waals surface area contributed by atoms with Crippen LogP contribution in [0.25, 0.3) is 0 Å². The molecule has 2 aliphatic heterocycles. The number of rotatable bonds is 7. The van der Waals surface area contributed by atoms with Gasteiger partial charge in [0.15, 0.2) is 0 Å². The molecule has 0 aliphatic carbocycles. The Labute approximate surface area is 261 Å². The number of carbonyl (C=O) groups is 1. The van der Waals surface area contributed by atoms with Crippen LogP contribution in [0.4, 0.5) is 48.6 Å². The minimum atomic E-state index is -5.02. The summed E-state index contributed by atoms with van der Waals surface area (Å²) in [6.07, 6.45) is -10.4. The Bertz CT molecular complexity index is 1510. The molecule has 5 rings (SSSR count). The predicted molar refractivity (Wildman–Crippen MR) is 156 cm³/mol. The number of benzene rings is 1. The number of pyridine rings is 1. The highest BCUT2D eigenvalue weighted by molar-refractivity contribution is 5.90. The van der Waals surface area contributed by atoms with Crippen molar-refractivity contribution in [2.75, 3.05) is 40.9 Å². The molecule has 11 nitrogen and oxygen atoms in total. The van der Waals surface area contributed by atoms with E-state index in [1.807, 2.05) is 6.92 Å². The lowest BCUT2D eigenvalue weighted by Crippen LogP contribution is -2.49. The molecule has 250 valence electrons. The first-order valence-corrected chi connectivity index (χ1v) is 14.9. The minimum absolute atomic E-state index is 0.0214. The number of carbonyl (C=O) groups excluding carboxylic acids is 1. The predicted octanol–water partition coefficient (Wildman–Crippen LogP) is 5.33. The molecular formula is C29H35F6N9O2. The van der Waals surface area contributed by atoms with Gasteiger partial charge in [0, 0.05) is 38.8 Å². The zero-order valence-corrected chi connectivity index (χ0v) is 25.7. The molecule has 0 radical (unpaired) electrons. The zero-order valence-electron chi connectivity index (χ0n) is 25.7. The summed E-state index contributed by atoms with van der Waals surface area (Å²) in [5, 5.41) is 15.5. The monoisotopic (exact) mass is 655 g/mol. The average Bonchev–Trinajstić information content (AvgIpc) is 3.43. The number of fused-ring (bicyclic) bond motifs is 1. The molecule has 1 fully saturated rings. The van der Waals surface area contributed by atoms with Crippen molar-refractivity contribution in [3.8, 4) is 0 Å². The van der Waals surface area contributed by atoms with Gasteiger partial charge in [0.1, 0.15) is 5.82 Å². The van der Waals surface area contributed by atoms with E-state index in [1.165, 1.54) is 16.8 Å². The fourth-order valence-electron chi connectivity index (χ4n) is 5.79. The smallest absolute Gasteiger partial charge is 0.416 e. The van der Waals surface area contributed by atoms with Gasteiger partial charge >= 0.3 is 18.4 Å². The number of tetrazole rings is 1. The van der Waals surface area contributed by atoms with Crippen LogP contribution in [-0.4, -0.2) is 69.6 Å². The lowest BCUT2D eigenvalue weighted by Gasteiger charge is -2.43. The highest BCUT2D eigenvalue weighted by Gasteiger charge is 2.42. The molecule has 17 heteroatoms. The third-order valence-electron chi connectivity index (χ3n) is 7.90.